The molecule has 0 aliphatic rings. The molecule has 0 saturated carbocycles. The first kappa shape index (κ1) is 17.4. The second kappa shape index (κ2) is 6.96. The van der Waals surface area contributed by atoms with Crippen LogP contribution in [-0.2, 0) is 0 Å². The monoisotopic (exact) mass is 578 g/mol. The van der Waals surface area contributed by atoms with Gasteiger partial charge in [0.15, 0.2) is 0 Å². The van der Waals surface area contributed by atoms with E-state index in [-0.39, 0.29) is 0 Å². The first-order chi connectivity index (χ1) is 11.7. The molecule has 0 atom stereocenters. The van der Waals surface area contributed by atoms with Crippen molar-refractivity contribution >= 4 is 110 Å². The van der Waals surface area contributed by atoms with Gasteiger partial charge in [-0.25, -0.2) is 0 Å². The second-order valence-corrected chi connectivity index (χ2v) is 12.8. The van der Waals surface area contributed by atoms with Gasteiger partial charge >= 0.3 is 170 Å². The number of rotatable bonds is 4. The van der Waals surface area contributed by atoms with Crippen LogP contribution in [0.3, 0.4) is 0 Å². The minimum absolute atomic E-state index is 0.539. The molecule has 4 aromatic rings. The molecule has 0 aliphatic carbocycles. The van der Waals surface area contributed by atoms with Crippen LogP contribution in [0.25, 0.3) is 32.3 Å². The normalized spacial score (nSPS) is 12.0. The Morgan fingerprint density at radius 3 is 0.917 bits per heavy atom. The predicted molar refractivity (Wildman–Crippen MR) is 115 cm³/mol. The summed E-state index contributed by atoms with van der Waals surface area (Å²) in [7, 11) is 0. The molecule has 122 valence electrons. The molecule has 4 rings (SSSR count). The van der Waals surface area contributed by atoms with Gasteiger partial charge in [-0.15, -0.1) is 0 Å². The average Bonchev–Trinajstić information content (AvgIpc) is 2.64. The molecule has 4 heteroatoms. The van der Waals surface area contributed by atoms with Gasteiger partial charge in [0.25, 0.3) is 0 Å². The van der Waals surface area contributed by atoms with Crippen LogP contribution in [0.2, 0.25) is 23.3 Å². The van der Waals surface area contributed by atoms with Gasteiger partial charge in [0.2, 0.25) is 0 Å². The molecule has 0 heterocycles. The van der Waals surface area contributed by atoms with E-state index in [0.29, 0.717) is 59.8 Å². The van der Waals surface area contributed by atoms with Crippen molar-refractivity contribution in [3.05, 3.63) is 36.4 Å². The summed E-state index contributed by atoms with van der Waals surface area (Å²) in [4.78, 5) is 0. The fourth-order valence-electron chi connectivity index (χ4n) is 3.54. The van der Waals surface area contributed by atoms with Crippen molar-refractivity contribution in [3.63, 3.8) is 0 Å². The van der Waals surface area contributed by atoms with Gasteiger partial charge in [-0.1, -0.05) is 0 Å². The quantitative estimate of drug-likeness (QED) is 0.259. The molecule has 0 aromatic heterocycles. The Balaban J connectivity index is 2.33. The van der Waals surface area contributed by atoms with Crippen molar-refractivity contribution in [1.29, 1.82) is 0 Å². The molecule has 4 aromatic carbocycles. The van der Waals surface area contributed by atoms with Crippen molar-refractivity contribution in [2.45, 2.75) is 23.3 Å². The van der Waals surface area contributed by atoms with E-state index in [1.807, 2.05) is 0 Å². The Kier molecular flexibility index (Phi) is 5.05. The van der Waals surface area contributed by atoms with E-state index in [4.69, 9.17) is 0 Å². The van der Waals surface area contributed by atoms with Gasteiger partial charge in [-0.3, -0.25) is 0 Å². The Bertz CT molecular complexity index is 890. The molecular weight excluding hydrogens is 556 g/mol. The summed E-state index contributed by atoms with van der Waals surface area (Å²) < 4.78 is 6.33. The van der Waals surface area contributed by atoms with E-state index in [1.165, 1.54) is 21.5 Å². The molecule has 0 amide bonds. The molecule has 0 radical (unpaired) electrons. The maximum atomic E-state index is 2.50. The van der Waals surface area contributed by atoms with Gasteiger partial charge in [0.05, 0.1) is 0 Å². The third-order valence-electron chi connectivity index (χ3n) is 4.63. The van der Waals surface area contributed by atoms with Crippen LogP contribution in [0.1, 0.15) is 0 Å². The zero-order valence-electron chi connectivity index (χ0n) is 14.1. The SMILES string of the molecule is C[Se]c1cc([Se]C)c2ccc3c([Se]C)cc([Se]C)c4ccc1c2c43. The van der Waals surface area contributed by atoms with Gasteiger partial charge < -0.3 is 0 Å². The van der Waals surface area contributed by atoms with Crippen LogP contribution < -0.4 is 17.8 Å². The Morgan fingerprint density at radius 2 is 0.708 bits per heavy atom. The van der Waals surface area contributed by atoms with Crippen LogP contribution in [0, 0.1) is 0 Å². The van der Waals surface area contributed by atoms with E-state index in [0.717, 1.165) is 0 Å². The third-order valence-corrected chi connectivity index (χ3v) is 11.2. The van der Waals surface area contributed by atoms with E-state index in [9.17, 15) is 0 Å². The number of hydrogen-bond donors (Lipinski definition) is 0. The van der Waals surface area contributed by atoms with Crippen LogP contribution in [0.15, 0.2) is 36.4 Å². The van der Waals surface area contributed by atoms with Crippen molar-refractivity contribution in [1.82, 2.24) is 0 Å². The summed E-state index contributed by atoms with van der Waals surface area (Å²) in [5, 5.41) is 9.15. The number of benzene rings is 4. The Morgan fingerprint density at radius 1 is 0.458 bits per heavy atom. The van der Waals surface area contributed by atoms with Gasteiger partial charge in [0.1, 0.15) is 0 Å². The fourth-order valence-corrected chi connectivity index (χ4v) is 9.55. The van der Waals surface area contributed by atoms with E-state index < -0.39 is 0 Å². The average molecular weight is 574 g/mol. The fraction of sp³-hybridized carbons (Fsp3) is 0.200. The molecule has 0 fully saturated rings. The van der Waals surface area contributed by atoms with E-state index in [2.05, 4.69) is 59.7 Å². The molecule has 0 aliphatic heterocycles. The molecule has 0 spiro atoms. The van der Waals surface area contributed by atoms with Crippen LogP contribution in [0.5, 0.6) is 0 Å². The summed E-state index contributed by atoms with van der Waals surface area (Å²) >= 11 is 2.16. The van der Waals surface area contributed by atoms with E-state index in [1.54, 1.807) is 28.6 Å². The van der Waals surface area contributed by atoms with E-state index >= 15 is 0 Å². The summed E-state index contributed by atoms with van der Waals surface area (Å²) in [5.74, 6) is 9.42. The minimum atomic E-state index is 0.539. The van der Waals surface area contributed by atoms with Crippen molar-refractivity contribution < 1.29 is 0 Å². The molecule has 0 saturated heterocycles. The van der Waals surface area contributed by atoms with Gasteiger partial charge in [-0.2, -0.15) is 0 Å². The van der Waals surface area contributed by atoms with Crippen molar-refractivity contribution in [2.24, 2.45) is 0 Å². The summed E-state index contributed by atoms with van der Waals surface area (Å²) in [6, 6.07) is 14.6. The first-order valence-electron chi connectivity index (χ1n) is 7.68. The summed E-state index contributed by atoms with van der Waals surface area (Å²) in [5.41, 5.74) is 0. The van der Waals surface area contributed by atoms with Crippen molar-refractivity contribution in [2.75, 3.05) is 0 Å². The topological polar surface area (TPSA) is 0 Å². The van der Waals surface area contributed by atoms with Crippen LogP contribution >= 0.6 is 0 Å². The van der Waals surface area contributed by atoms with Crippen molar-refractivity contribution in [3.8, 4) is 0 Å². The molecule has 0 bridgehead atoms. The Labute approximate surface area is 168 Å². The summed E-state index contributed by atoms with van der Waals surface area (Å²) in [6.45, 7) is 0. The Hall–Kier alpha value is -0.00208. The second-order valence-electron chi connectivity index (χ2n) is 5.63. The molecule has 0 N–H and O–H groups in total. The third kappa shape index (κ3) is 2.52. The molecular formula is C20H18Se4. The molecule has 24 heavy (non-hydrogen) atoms. The van der Waals surface area contributed by atoms with Crippen LogP contribution in [-0.4, -0.2) is 59.8 Å². The standard InChI is InChI=1S/C20H18Se4/c1-21-15-9-16(22-2)12-7-8-14-18(24-4)10-17(23-3)13-6-5-11(15)19(12)20(13)14/h5-10H,1-4H3. The summed E-state index contributed by atoms with van der Waals surface area (Å²) in [6.07, 6.45) is 0. The zero-order valence-corrected chi connectivity index (χ0v) is 20.9. The van der Waals surface area contributed by atoms with Gasteiger partial charge in [0, 0.05) is 0 Å². The number of hydrogen-bond acceptors (Lipinski definition) is 0. The predicted octanol–water partition coefficient (Wildman–Crippen LogP) is 2.09. The van der Waals surface area contributed by atoms with Crippen LogP contribution in [0.4, 0.5) is 0 Å². The first-order valence-corrected chi connectivity index (χ1v) is 18.0. The maximum absolute atomic E-state index is 2.50. The molecule has 0 unspecified atom stereocenters. The van der Waals surface area contributed by atoms with Gasteiger partial charge in [-0.05, 0) is 0 Å². The zero-order chi connectivity index (χ0) is 16.8. The molecule has 0 nitrogen and oxygen atoms in total.